The van der Waals surface area contributed by atoms with Gasteiger partial charge >= 0.3 is 0 Å². The third kappa shape index (κ3) is 2.76. The van der Waals surface area contributed by atoms with Crippen molar-refractivity contribution in [3.63, 3.8) is 0 Å². The molecule has 0 saturated carbocycles. The predicted octanol–water partition coefficient (Wildman–Crippen LogP) is -0.270. The van der Waals surface area contributed by atoms with E-state index in [2.05, 4.69) is 15.5 Å². The Bertz CT molecular complexity index is 335. The van der Waals surface area contributed by atoms with Crippen LogP contribution in [-0.2, 0) is 11.8 Å². The zero-order chi connectivity index (χ0) is 11.4. The molecule has 1 aromatic heterocycles. The molecular weight excluding hydrogens is 194 g/mol. The molecule has 0 bridgehead atoms. The number of rotatable bonds is 4. The highest BCUT2D eigenvalue weighted by Gasteiger charge is 2.17. The monoisotopic (exact) mass is 211 g/mol. The number of aryl methyl sites for hydroxylation is 1. The van der Waals surface area contributed by atoms with E-state index in [0.717, 1.165) is 0 Å². The lowest BCUT2D eigenvalue weighted by molar-refractivity contribution is -0.123. The van der Waals surface area contributed by atoms with Crippen molar-refractivity contribution in [2.45, 2.75) is 32.4 Å². The van der Waals surface area contributed by atoms with Gasteiger partial charge in [-0.05, 0) is 13.3 Å². The number of hydrogen-bond acceptors (Lipinski definition) is 4. The molecule has 1 rings (SSSR count). The van der Waals surface area contributed by atoms with Crippen molar-refractivity contribution in [1.82, 2.24) is 20.1 Å². The molecule has 1 aromatic rings. The lowest BCUT2D eigenvalue weighted by Crippen LogP contribution is -2.41. The van der Waals surface area contributed by atoms with Crippen LogP contribution in [0, 0.1) is 0 Å². The summed E-state index contributed by atoms with van der Waals surface area (Å²) in [5.41, 5.74) is 5.60. The summed E-state index contributed by atoms with van der Waals surface area (Å²) >= 11 is 0. The van der Waals surface area contributed by atoms with Crippen LogP contribution < -0.4 is 11.1 Å². The zero-order valence-corrected chi connectivity index (χ0v) is 9.27. The van der Waals surface area contributed by atoms with Gasteiger partial charge in [0.2, 0.25) is 5.91 Å². The van der Waals surface area contributed by atoms with Crippen LogP contribution in [0.4, 0.5) is 0 Å². The van der Waals surface area contributed by atoms with E-state index in [1.807, 2.05) is 20.9 Å². The molecule has 1 heterocycles. The Morgan fingerprint density at radius 2 is 2.40 bits per heavy atom. The number of nitrogens with zero attached hydrogens (tertiary/aromatic N) is 3. The summed E-state index contributed by atoms with van der Waals surface area (Å²) < 4.78 is 1.77. The fraction of sp³-hybridized carbons (Fsp3) is 0.667. The Morgan fingerprint density at radius 1 is 1.73 bits per heavy atom. The van der Waals surface area contributed by atoms with Crippen LogP contribution >= 0.6 is 0 Å². The molecular formula is C9H17N5O. The standard InChI is InChI=1S/C9H17N5O/c1-4-7(10)9(15)12-6(2)8-13-11-5-14(8)3/h5-7H,4,10H2,1-3H3,(H,12,15)/t6?,7-/m1/s1. The highest BCUT2D eigenvalue weighted by molar-refractivity contribution is 5.81. The van der Waals surface area contributed by atoms with Crippen LogP contribution in [0.15, 0.2) is 6.33 Å². The minimum atomic E-state index is -0.458. The molecule has 6 heteroatoms. The average Bonchev–Trinajstić information content (AvgIpc) is 2.63. The number of hydrogen-bond donors (Lipinski definition) is 2. The van der Waals surface area contributed by atoms with E-state index in [4.69, 9.17) is 5.73 Å². The Morgan fingerprint density at radius 3 is 2.87 bits per heavy atom. The summed E-state index contributed by atoms with van der Waals surface area (Å²) in [7, 11) is 1.83. The van der Waals surface area contributed by atoms with Gasteiger partial charge in [0, 0.05) is 7.05 Å². The summed E-state index contributed by atoms with van der Waals surface area (Å²) in [6.45, 7) is 3.72. The molecule has 0 saturated heterocycles. The van der Waals surface area contributed by atoms with E-state index in [1.54, 1.807) is 10.9 Å². The van der Waals surface area contributed by atoms with Gasteiger partial charge in [0.25, 0.3) is 0 Å². The van der Waals surface area contributed by atoms with Gasteiger partial charge in [0.1, 0.15) is 6.33 Å². The van der Waals surface area contributed by atoms with Crippen LogP contribution in [0.1, 0.15) is 32.1 Å². The maximum atomic E-state index is 11.5. The summed E-state index contributed by atoms with van der Waals surface area (Å²) in [5, 5.41) is 10.4. The molecule has 0 fully saturated rings. The van der Waals surface area contributed by atoms with Crippen molar-refractivity contribution in [3.05, 3.63) is 12.2 Å². The van der Waals surface area contributed by atoms with Crippen LogP contribution in [-0.4, -0.2) is 26.7 Å². The molecule has 0 aromatic carbocycles. The molecule has 2 atom stereocenters. The first-order chi connectivity index (χ1) is 7.06. The van der Waals surface area contributed by atoms with Gasteiger partial charge in [-0.15, -0.1) is 10.2 Å². The second-order valence-corrected chi connectivity index (χ2v) is 3.55. The number of carbonyl (C=O) groups excluding carboxylic acids is 1. The molecule has 0 aliphatic heterocycles. The Hall–Kier alpha value is -1.43. The van der Waals surface area contributed by atoms with Gasteiger partial charge < -0.3 is 15.6 Å². The second-order valence-electron chi connectivity index (χ2n) is 3.55. The van der Waals surface area contributed by atoms with E-state index in [1.165, 1.54) is 0 Å². The van der Waals surface area contributed by atoms with Gasteiger partial charge in [-0.1, -0.05) is 6.92 Å². The SMILES string of the molecule is CC[C@@H](N)C(=O)NC(C)c1nncn1C. The second kappa shape index (κ2) is 4.88. The minimum absolute atomic E-state index is 0.159. The molecule has 0 spiro atoms. The van der Waals surface area contributed by atoms with Crippen molar-refractivity contribution in [1.29, 1.82) is 0 Å². The molecule has 0 aliphatic carbocycles. The smallest absolute Gasteiger partial charge is 0.237 e. The predicted molar refractivity (Wildman–Crippen MR) is 55.8 cm³/mol. The van der Waals surface area contributed by atoms with Crippen molar-refractivity contribution < 1.29 is 4.79 Å². The van der Waals surface area contributed by atoms with Gasteiger partial charge in [0.05, 0.1) is 12.1 Å². The van der Waals surface area contributed by atoms with Crippen LogP contribution in [0.25, 0.3) is 0 Å². The zero-order valence-electron chi connectivity index (χ0n) is 9.27. The Labute approximate surface area is 88.9 Å². The maximum Gasteiger partial charge on any atom is 0.237 e. The molecule has 84 valence electrons. The molecule has 6 nitrogen and oxygen atoms in total. The fourth-order valence-corrected chi connectivity index (χ4v) is 1.25. The molecule has 1 amide bonds. The van der Waals surface area contributed by atoms with Crippen molar-refractivity contribution in [2.75, 3.05) is 0 Å². The average molecular weight is 211 g/mol. The molecule has 0 radical (unpaired) electrons. The van der Waals surface area contributed by atoms with Crippen molar-refractivity contribution in [2.24, 2.45) is 12.8 Å². The number of carbonyl (C=O) groups is 1. The summed E-state index contributed by atoms with van der Waals surface area (Å²) in [4.78, 5) is 11.5. The molecule has 0 aliphatic rings. The lowest BCUT2D eigenvalue weighted by atomic mass is 10.2. The highest BCUT2D eigenvalue weighted by Crippen LogP contribution is 2.07. The van der Waals surface area contributed by atoms with Gasteiger partial charge in [-0.25, -0.2) is 0 Å². The van der Waals surface area contributed by atoms with Crippen LogP contribution in [0.3, 0.4) is 0 Å². The van der Waals surface area contributed by atoms with Crippen LogP contribution in [0.5, 0.6) is 0 Å². The quantitative estimate of drug-likeness (QED) is 0.717. The number of aromatic nitrogens is 3. The maximum absolute atomic E-state index is 11.5. The van der Waals surface area contributed by atoms with E-state index < -0.39 is 6.04 Å². The third-order valence-electron chi connectivity index (χ3n) is 2.27. The first-order valence-electron chi connectivity index (χ1n) is 4.96. The van der Waals surface area contributed by atoms with E-state index >= 15 is 0 Å². The fourth-order valence-electron chi connectivity index (χ4n) is 1.25. The van der Waals surface area contributed by atoms with E-state index in [-0.39, 0.29) is 11.9 Å². The molecule has 1 unspecified atom stereocenters. The number of amides is 1. The summed E-state index contributed by atoms with van der Waals surface area (Å²) in [6.07, 6.45) is 2.22. The summed E-state index contributed by atoms with van der Waals surface area (Å²) in [5.74, 6) is 0.555. The van der Waals surface area contributed by atoms with Gasteiger partial charge in [0.15, 0.2) is 5.82 Å². The van der Waals surface area contributed by atoms with Gasteiger partial charge in [-0.3, -0.25) is 4.79 Å². The van der Waals surface area contributed by atoms with Crippen molar-refractivity contribution >= 4 is 5.91 Å². The minimum Gasteiger partial charge on any atom is -0.345 e. The molecule has 3 N–H and O–H groups in total. The Kier molecular flexibility index (Phi) is 3.79. The highest BCUT2D eigenvalue weighted by atomic mass is 16.2. The first kappa shape index (κ1) is 11.6. The van der Waals surface area contributed by atoms with Crippen molar-refractivity contribution in [3.8, 4) is 0 Å². The van der Waals surface area contributed by atoms with Crippen LogP contribution in [0.2, 0.25) is 0 Å². The third-order valence-corrected chi connectivity index (χ3v) is 2.27. The summed E-state index contributed by atoms with van der Waals surface area (Å²) in [6, 6.07) is -0.636. The first-order valence-corrected chi connectivity index (χ1v) is 4.96. The number of nitrogens with two attached hydrogens (primary N) is 1. The normalized spacial score (nSPS) is 14.7. The Balaban J connectivity index is 2.60. The van der Waals surface area contributed by atoms with E-state index in [0.29, 0.717) is 12.2 Å². The van der Waals surface area contributed by atoms with E-state index in [9.17, 15) is 4.79 Å². The molecule has 15 heavy (non-hydrogen) atoms. The van der Waals surface area contributed by atoms with Gasteiger partial charge in [-0.2, -0.15) is 0 Å². The topological polar surface area (TPSA) is 85.8 Å². The lowest BCUT2D eigenvalue weighted by Gasteiger charge is -2.15. The largest absolute Gasteiger partial charge is 0.345 e. The number of nitrogens with one attached hydrogen (secondary N) is 1.